The van der Waals surface area contributed by atoms with E-state index in [0.717, 1.165) is 5.69 Å². The Labute approximate surface area is 119 Å². The number of aryl methyl sites for hydroxylation is 1. The summed E-state index contributed by atoms with van der Waals surface area (Å²) in [5, 5.41) is 15.9. The molecule has 0 fully saturated rings. The van der Waals surface area contributed by atoms with Crippen molar-refractivity contribution in [2.45, 2.75) is 46.6 Å². The first-order valence-electron chi connectivity index (χ1n) is 6.95. The van der Waals surface area contributed by atoms with Crippen molar-refractivity contribution in [1.82, 2.24) is 15.1 Å². The van der Waals surface area contributed by atoms with E-state index in [2.05, 4.69) is 10.4 Å². The molecule has 1 amide bonds. The van der Waals surface area contributed by atoms with Crippen LogP contribution in [0.2, 0.25) is 0 Å². The van der Waals surface area contributed by atoms with Crippen molar-refractivity contribution in [2.24, 2.45) is 5.92 Å². The maximum atomic E-state index is 12.1. The Morgan fingerprint density at radius 1 is 1.40 bits per heavy atom. The molecule has 112 valence electrons. The highest BCUT2D eigenvalue weighted by atomic mass is 16.4. The first-order valence-corrected chi connectivity index (χ1v) is 6.95. The van der Waals surface area contributed by atoms with Gasteiger partial charge in [0.25, 0.3) is 5.91 Å². The number of nitrogens with one attached hydrogen (secondary N) is 1. The maximum Gasteiger partial charge on any atom is 0.306 e. The fourth-order valence-electron chi connectivity index (χ4n) is 1.76. The van der Waals surface area contributed by atoms with E-state index in [1.165, 1.54) is 0 Å². The van der Waals surface area contributed by atoms with Gasteiger partial charge in [0.1, 0.15) is 5.69 Å². The molecule has 0 spiro atoms. The highest BCUT2D eigenvalue weighted by Gasteiger charge is 2.17. The third-order valence-electron chi connectivity index (χ3n) is 3.21. The van der Waals surface area contributed by atoms with Gasteiger partial charge in [-0.15, -0.1) is 0 Å². The Kier molecular flexibility index (Phi) is 5.73. The summed E-state index contributed by atoms with van der Waals surface area (Å²) in [6.07, 6.45) is 0.415. The van der Waals surface area contributed by atoms with Crippen LogP contribution in [-0.4, -0.2) is 33.3 Å². The maximum absolute atomic E-state index is 12.1. The molecule has 6 nitrogen and oxygen atoms in total. The number of carboxylic acid groups (broad SMARTS) is 1. The first-order chi connectivity index (χ1) is 9.36. The zero-order chi connectivity index (χ0) is 15.3. The van der Waals surface area contributed by atoms with E-state index in [4.69, 9.17) is 5.11 Å². The molecule has 20 heavy (non-hydrogen) atoms. The van der Waals surface area contributed by atoms with Crippen LogP contribution in [0.4, 0.5) is 0 Å². The topological polar surface area (TPSA) is 84.2 Å². The van der Waals surface area contributed by atoms with Crippen LogP contribution in [0.25, 0.3) is 0 Å². The van der Waals surface area contributed by atoms with E-state index in [0.29, 0.717) is 25.2 Å². The van der Waals surface area contributed by atoms with Crippen LogP contribution in [0.3, 0.4) is 0 Å². The van der Waals surface area contributed by atoms with Gasteiger partial charge < -0.3 is 10.4 Å². The number of hydrogen-bond acceptors (Lipinski definition) is 3. The number of carboxylic acids is 1. The van der Waals surface area contributed by atoms with Crippen molar-refractivity contribution in [3.8, 4) is 0 Å². The number of nitrogens with zero attached hydrogens (tertiary/aromatic N) is 2. The minimum atomic E-state index is -0.847. The second-order valence-electron chi connectivity index (χ2n) is 5.21. The normalized spacial score (nSPS) is 12.4. The Balaban J connectivity index is 2.65. The quantitative estimate of drug-likeness (QED) is 0.799. The van der Waals surface area contributed by atoms with Crippen LogP contribution in [-0.2, 0) is 11.3 Å². The van der Waals surface area contributed by atoms with Gasteiger partial charge in [-0.05, 0) is 25.3 Å². The summed E-state index contributed by atoms with van der Waals surface area (Å²) in [6, 6.07) is 1.80. The average Bonchev–Trinajstić information content (AvgIpc) is 2.82. The van der Waals surface area contributed by atoms with Crippen LogP contribution in [0, 0.1) is 5.92 Å². The standard InChI is InChI=1S/C14H23N3O3/c1-5-17-12(8-11(16-17)9(2)3)13(18)15-7-6-10(4)14(19)20/h8-10H,5-7H2,1-4H3,(H,15,18)(H,19,20). The molecular formula is C14H23N3O3. The lowest BCUT2D eigenvalue weighted by atomic mass is 10.1. The molecule has 1 aromatic heterocycles. The number of amides is 1. The van der Waals surface area contributed by atoms with Gasteiger partial charge in [-0.2, -0.15) is 5.10 Å². The van der Waals surface area contributed by atoms with Crippen LogP contribution < -0.4 is 5.32 Å². The van der Waals surface area contributed by atoms with Gasteiger partial charge in [-0.25, -0.2) is 0 Å². The summed E-state index contributed by atoms with van der Waals surface area (Å²) in [5.74, 6) is -1.25. The lowest BCUT2D eigenvalue weighted by molar-refractivity contribution is -0.141. The van der Waals surface area contributed by atoms with Crippen LogP contribution in [0.15, 0.2) is 6.07 Å². The van der Waals surface area contributed by atoms with Crippen LogP contribution in [0.5, 0.6) is 0 Å². The lowest BCUT2D eigenvalue weighted by Crippen LogP contribution is -2.29. The molecule has 0 aliphatic carbocycles. The number of carbonyl (C=O) groups excluding carboxylic acids is 1. The zero-order valence-corrected chi connectivity index (χ0v) is 12.5. The third kappa shape index (κ3) is 4.08. The Morgan fingerprint density at radius 3 is 2.55 bits per heavy atom. The molecule has 0 aliphatic rings. The predicted octanol–water partition coefficient (Wildman–Crippen LogP) is 1.87. The predicted molar refractivity (Wildman–Crippen MR) is 75.7 cm³/mol. The second kappa shape index (κ2) is 7.07. The van der Waals surface area contributed by atoms with E-state index in [-0.39, 0.29) is 11.8 Å². The van der Waals surface area contributed by atoms with Gasteiger partial charge >= 0.3 is 5.97 Å². The molecule has 0 bridgehead atoms. The molecule has 0 aromatic carbocycles. The molecular weight excluding hydrogens is 258 g/mol. The molecule has 0 saturated heterocycles. The van der Waals surface area contributed by atoms with E-state index in [1.807, 2.05) is 20.8 Å². The molecule has 1 rings (SSSR count). The first kappa shape index (κ1) is 16.2. The molecule has 2 N–H and O–H groups in total. The highest BCUT2D eigenvalue weighted by Crippen LogP contribution is 2.14. The molecule has 0 radical (unpaired) electrons. The zero-order valence-electron chi connectivity index (χ0n) is 12.5. The lowest BCUT2D eigenvalue weighted by Gasteiger charge is -2.08. The average molecular weight is 281 g/mol. The molecule has 1 aromatic rings. The fourth-order valence-corrected chi connectivity index (χ4v) is 1.76. The summed E-state index contributed by atoms with van der Waals surface area (Å²) < 4.78 is 1.67. The monoisotopic (exact) mass is 281 g/mol. The van der Waals surface area contributed by atoms with Crippen molar-refractivity contribution < 1.29 is 14.7 Å². The molecule has 0 aliphatic heterocycles. The van der Waals surface area contributed by atoms with E-state index < -0.39 is 11.9 Å². The summed E-state index contributed by atoms with van der Waals surface area (Å²) >= 11 is 0. The molecule has 6 heteroatoms. The molecule has 0 saturated carbocycles. The van der Waals surface area contributed by atoms with Gasteiger partial charge in [-0.3, -0.25) is 14.3 Å². The largest absolute Gasteiger partial charge is 0.481 e. The van der Waals surface area contributed by atoms with Crippen molar-refractivity contribution in [2.75, 3.05) is 6.54 Å². The number of carbonyl (C=O) groups is 2. The van der Waals surface area contributed by atoms with E-state index >= 15 is 0 Å². The molecule has 1 atom stereocenters. The Morgan fingerprint density at radius 2 is 2.05 bits per heavy atom. The molecule has 1 unspecified atom stereocenters. The van der Waals surface area contributed by atoms with Crippen molar-refractivity contribution in [3.05, 3.63) is 17.5 Å². The Hall–Kier alpha value is -1.85. The van der Waals surface area contributed by atoms with Gasteiger partial charge in [0.15, 0.2) is 0 Å². The van der Waals surface area contributed by atoms with Crippen LogP contribution >= 0.6 is 0 Å². The number of aliphatic carboxylic acids is 1. The number of aromatic nitrogens is 2. The summed E-state index contributed by atoms with van der Waals surface area (Å²) in [6.45, 7) is 8.58. The van der Waals surface area contributed by atoms with E-state index in [9.17, 15) is 9.59 Å². The van der Waals surface area contributed by atoms with Crippen LogP contribution in [0.1, 0.15) is 56.2 Å². The number of hydrogen-bond donors (Lipinski definition) is 2. The minimum absolute atomic E-state index is 0.205. The third-order valence-corrected chi connectivity index (χ3v) is 3.21. The van der Waals surface area contributed by atoms with Gasteiger partial charge in [0.2, 0.25) is 0 Å². The van der Waals surface area contributed by atoms with Gasteiger partial charge in [0.05, 0.1) is 11.6 Å². The minimum Gasteiger partial charge on any atom is -0.481 e. The fraction of sp³-hybridized carbons (Fsp3) is 0.643. The van der Waals surface area contributed by atoms with Gasteiger partial charge in [-0.1, -0.05) is 20.8 Å². The van der Waals surface area contributed by atoms with Gasteiger partial charge in [0, 0.05) is 13.1 Å². The summed E-state index contributed by atoms with van der Waals surface area (Å²) in [5.41, 5.74) is 1.41. The SMILES string of the molecule is CCn1nc(C(C)C)cc1C(=O)NCCC(C)C(=O)O. The molecule has 1 heterocycles. The highest BCUT2D eigenvalue weighted by molar-refractivity contribution is 5.92. The number of rotatable bonds is 7. The van der Waals surface area contributed by atoms with E-state index in [1.54, 1.807) is 17.7 Å². The smallest absolute Gasteiger partial charge is 0.306 e. The summed E-state index contributed by atoms with van der Waals surface area (Å²) in [4.78, 5) is 22.8. The summed E-state index contributed by atoms with van der Waals surface area (Å²) in [7, 11) is 0. The Bertz CT molecular complexity index is 480. The second-order valence-corrected chi connectivity index (χ2v) is 5.21. The van der Waals surface area contributed by atoms with Crippen molar-refractivity contribution >= 4 is 11.9 Å². The van der Waals surface area contributed by atoms with Crippen molar-refractivity contribution in [1.29, 1.82) is 0 Å². The van der Waals surface area contributed by atoms with Crippen molar-refractivity contribution in [3.63, 3.8) is 0 Å².